The summed E-state index contributed by atoms with van der Waals surface area (Å²) >= 11 is 0. The average Bonchev–Trinajstić information content (AvgIpc) is 3.95. The van der Waals surface area contributed by atoms with Crippen LogP contribution in [0.1, 0.15) is 0 Å². The first-order valence-electron chi connectivity index (χ1n) is 22.8. The van der Waals surface area contributed by atoms with Gasteiger partial charge in [0.1, 0.15) is 0 Å². The van der Waals surface area contributed by atoms with E-state index in [-0.39, 0.29) is 0 Å². The second-order valence-electron chi connectivity index (χ2n) is 16.9. The van der Waals surface area contributed by atoms with Gasteiger partial charge in [-0.2, -0.15) is 9.97 Å². The highest BCUT2D eigenvalue weighted by atomic mass is 15.2. The summed E-state index contributed by atoms with van der Waals surface area (Å²) in [5.74, 6) is 2.31. The minimum absolute atomic E-state index is 0.528. The van der Waals surface area contributed by atoms with Gasteiger partial charge in [0.25, 0.3) is 0 Å². The van der Waals surface area contributed by atoms with Crippen LogP contribution in [-0.4, -0.2) is 34.1 Å². The van der Waals surface area contributed by atoms with Crippen LogP contribution in [-0.2, 0) is 0 Å². The first-order chi connectivity index (χ1) is 33.7. The fraction of sp³-hybridized carbons (Fsp3) is 0. The number of rotatable bonds is 8. The molecule has 7 heteroatoms. The molecule has 0 saturated carbocycles. The topological polar surface area (TPSA) is 74.3 Å². The summed E-state index contributed by atoms with van der Waals surface area (Å²) in [5.41, 5.74) is 13.9. The quantitative estimate of drug-likeness (QED) is 0.152. The molecule has 0 N–H and O–H groups in total. The van der Waals surface area contributed by atoms with Crippen molar-refractivity contribution in [3.05, 3.63) is 237 Å². The maximum atomic E-state index is 5.44. The highest BCUT2D eigenvalue weighted by Gasteiger charge is 2.24. The van der Waals surface area contributed by atoms with Crippen LogP contribution in [0, 0.1) is 0 Å². The number of aromatic nitrogens is 7. The number of fused-ring (bicyclic) bond motifs is 7. The van der Waals surface area contributed by atoms with Crippen LogP contribution >= 0.6 is 0 Å². The molecule has 4 heterocycles. The zero-order chi connectivity index (χ0) is 45.0. The molecule has 0 bridgehead atoms. The van der Waals surface area contributed by atoms with E-state index in [4.69, 9.17) is 24.9 Å². The Morgan fingerprint density at radius 1 is 0.265 bits per heavy atom. The molecule has 0 atom stereocenters. The maximum Gasteiger partial charge on any atom is 0.238 e. The summed E-state index contributed by atoms with van der Waals surface area (Å²) in [6, 6.07) is 82.1. The SMILES string of the molecule is c1ccc(-c2cccc(-n3c4ccccc4c4c3ccc3c5ccccc5n(-c5nc(-c6ccccc6)nc(-c6cccc(-c7cc(-c8ccccc8)nc(-c8ccccc8)n7)c6)n5)c34)c2)cc1. The number of benzene rings is 9. The third kappa shape index (κ3) is 6.72. The summed E-state index contributed by atoms with van der Waals surface area (Å²) in [5, 5.41) is 4.50. The molecule has 0 unspecified atom stereocenters. The van der Waals surface area contributed by atoms with Gasteiger partial charge in [-0.05, 0) is 53.6 Å². The van der Waals surface area contributed by atoms with E-state index in [0.29, 0.717) is 23.4 Å². The van der Waals surface area contributed by atoms with Gasteiger partial charge in [-0.1, -0.05) is 194 Å². The monoisotopic (exact) mass is 869 g/mol. The lowest BCUT2D eigenvalue weighted by Crippen LogP contribution is -2.06. The molecule has 0 radical (unpaired) electrons. The Bertz CT molecular complexity index is 3950. The molecule has 7 nitrogen and oxygen atoms in total. The lowest BCUT2D eigenvalue weighted by Gasteiger charge is -2.13. The van der Waals surface area contributed by atoms with E-state index in [2.05, 4.69) is 179 Å². The third-order valence-electron chi connectivity index (χ3n) is 12.8. The fourth-order valence-electron chi connectivity index (χ4n) is 9.65. The van der Waals surface area contributed by atoms with Gasteiger partial charge in [-0.3, -0.25) is 4.57 Å². The first kappa shape index (κ1) is 39.1. The number of nitrogens with zero attached hydrogens (tertiary/aromatic N) is 7. The molecule has 68 heavy (non-hydrogen) atoms. The lowest BCUT2D eigenvalue weighted by atomic mass is 10.0. The van der Waals surface area contributed by atoms with Gasteiger partial charge in [0, 0.05) is 55.0 Å². The van der Waals surface area contributed by atoms with Crippen LogP contribution in [0.15, 0.2) is 237 Å². The van der Waals surface area contributed by atoms with E-state index in [1.54, 1.807) is 0 Å². The Hall–Kier alpha value is -9.33. The Balaban J connectivity index is 1.04. The molecule has 0 amide bonds. The summed E-state index contributed by atoms with van der Waals surface area (Å²) in [6.07, 6.45) is 0. The normalized spacial score (nSPS) is 11.5. The van der Waals surface area contributed by atoms with Crippen molar-refractivity contribution in [3.63, 3.8) is 0 Å². The highest BCUT2D eigenvalue weighted by molar-refractivity contribution is 6.26. The maximum absolute atomic E-state index is 5.44. The molecule has 13 aromatic rings. The van der Waals surface area contributed by atoms with Crippen LogP contribution in [0.4, 0.5) is 0 Å². The lowest BCUT2D eigenvalue weighted by molar-refractivity contribution is 0.955. The number of para-hydroxylation sites is 2. The molecule has 9 aromatic carbocycles. The Kier molecular flexibility index (Phi) is 9.35. The van der Waals surface area contributed by atoms with Crippen molar-refractivity contribution >= 4 is 43.6 Å². The molecule has 0 spiro atoms. The van der Waals surface area contributed by atoms with E-state index < -0.39 is 0 Å². The molecule has 0 saturated heterocycles. The van der Waals surface area contributed by atoms with Gasteiger partial charge in [0.2, 0.25) is 5.95 Å². The van der Waals surface area contributed by atoms with E-state index in [0.717, 1.165) is 94.1 Å². The van der Waals surface area contributed by atoms with Gasteiger partial charge in [-0.25, -0.2) is 15.0 Å². The van der Waals surface area contributed by atoms with E-state index in [1.807, 2.05) is 66.7 Å². The van der Waals surface area contributed by atoms with E-state index >= 15 is 0 Å². The van der Waals surface area contributed by atoms with Gasteiger partial charge in [0.15, 0.2) is 17.5 Å². The molecule has 0 fully saturated rings. The summed E-state index contributed by atoms with van der Waals surface area (Å²) in [7, 11) is 0. The molecule has 318 valence electrons. The van der Waals surface area contributed by atoms with Crippen LogP contribution in [0.2, 0.25) is 0 Å². The van der Waals surface area contributed by atoms with Gasteiger partial charge in [-0.15, -0.1) is 0 Å². The van der Waals surface area contributed by atoms with Gasteiger partial charge >= 0.3 is 0 Å². The van der Waals surface area contributed by atoms with Crippen molar-refractivity contribution in [2.75, 3.05) is 0 Å². The summed E-state index contributed by atoms with van der Waals surface area (Å²) in [6.45, 7) is 0. The zero-order valence-corrected chi connectivity index (χ0v) is 36.6. The van der Waals surface area contributed by atoms with Gasteiger partial charge in [0.05, 0.1) is 33.5 Å². The van der Waals surface area contributed by atoms with Crippen molar-refractivity contribution in [3.8, 4) is 79.4 Å². The molecule has 0 aliphatic rings. The largest absolute Gasteiger partial charge is 0.309 e. The van der Waals surface area contributed by atoms with Crippen molar-refractivity contribution < 1.29 is 0 Å². The molecular formula is C61H39N7. The predicted molar refractivity (Wildman–Crippen MR) is 277 cm³/mol. The Labute approximate surface area is 392 Å². The smallest absolute Gasteiger partial charge is 0.238 e. The van der Waals surface area contributed by atoms with E-state index in [9.17, 15) is 0 Å². The average molecular weight is 870 g/mol. The van der Waals surface area contributed by atoms with E-state index in [1.165, 1.54) is 5.56 Å². The van der Waals surface area contributed by atoms with Crippen molar-refractivity contribution in [2.24, 2.45) is 0 Å². The number of hydrogen-bond acceptors (Lipinski definition) is 5. The second-order valence-corrected chi connectivity index (χ2v) is 16.9. The summed E-state index contributed by atoms with van der Waals surface area (Å²) < 4.78 is 4.63. The highest BCUT2D eigenvalue weighted by Crippen LogP contribution is 2.42. The van der Waals surface area contributed by atoms with Crippen LogP contribution in [0.25, 0.3) is 123 Å². The van der Waals surface area contributed by atoms with Crippen LogP contribution < -0.4 is 0 Å². The molecule has 0 aliphatic heterocycles. The van der Waals surface area contributed by atoms with Crippen molar-refractivity contribution in [1.82, 2.24) is 34.1 Å². The van der Waals surface area contributed by atoms with Crippen molar-refractivity contribution in [1.29, 1.82) is 0 Å². The van der Waals surface area contributed by atoms with Crippen LogP contribution in [0.3, 0.4) is 0 Å². The summed E-state index contributed by atoms with van der Waals surface area (Å²) in [4.78, 5) is 26.2. The standard InChI is InChI=1S/C61H39N7/c1-5-19-40(20-6-1)44-27-18-30-47(38-44)67-54-34-16-14-32-50(54)56-55(67)36-35-49-48-31-13-15-33-53(48)68(57(49)56)61-65-59(43-25-11-4-12-26-43)64-60(66-61)46-29-17-28-45(37-46)52-39-51(41-21-7-2-8-22-41)62-58(63-52)42-23-9-3-10-24-42/h1-39H. The Morgan fingerprint density at radius 2 is 0.765 bits per heavy atom. The molecule has 13 rings (SSSR count). The number of hydrogen-bond donors (Lipinski definition) is 0. The van der Waals surface area contributed by atoms with Crippen LogP contribution in [0.5, 0.6) is 0 Å². The minimum Gasteiger partial charge on any atom is -0.309 e. The third-order valence-corrected chi connectivity index (χ3v) is 12.8. The zero-order valence-electron chi connectivity index (χ0n) is 36.6. The first-order valence-corrected chi connectivity index (χ1v) is 22.8. The molecule has 4 aromatic heterocycles. The minimum atomic E-state index is 0.528. The fourth-order valence-corrected chi connectivity index (χ4v) is 9.65. The predicted octanol–water partition coefficient (Wildman–Crippen LogP) is 14.9. The van der Waals surface area contributed by atoms with Crippen molar-refractivity contribution in [2.45, 2.75) is 0 Å². The van der Waals surface area contributed by atoms with Gasteiger partial charge < -0.3 is 4.57 Å². The molecular weight excluding hydrogens is 831 g/mol. The second kappa shape index (κ2) is 16.3. The Morgan fingerprint density at radius 3 is 1.46 bits per heavy atom. The molecule has 0 aliphatic carbocycles.